The third-order valence-electron chi connectivity index (χ3n) is 4.84. The summed E-state index contributed by atoms with van der Waals surface area (Å²) in [5, 5.41) is 16.9. The molecule has 0 saturated carbocycles. The molecular weight excluding hydrogens is 266 g/mol. The molecule has 0 radical (unpaired) electrons. The van der Waals surface area contributed by atoms with Crippen LogP contribution >= 0.6 is 0 Å². The minimum atomic E-state index is -0.337. The summed E-state index contributed by atoms with van der Waals surface area (Å²) >= 11 is 0. The van der Waals surface area contributed by atoms with Gasteiger partial charge in [0.2, 0.25) is 11.8 Å². The summed E-state index contributed by atoms with van der Waals surface area (Å²) < 4.78 is 5.58. The number of H-pyrrole nitrogens is 1. The molecule has 6 heteroatoms. The van der Waals surface area contributed by atoms with Gasteiger partial charge in [0.25, 0.3) is 0 Å². The van der Waals surface area contributed by atoms with Crippen molar-refractivity contribution in [3.05, 3.63) is 22.7 Å². The van der Waals surface area contributed by atoms with Gasteiger partial charge < -0.3 is 15.4 Å². The van der Waals surface area contributed by atoms with Gasteiger partial charge in [-0.25, -0.2) is 0 Å². The van der Waals surface area contributed by atoms with Crippen molar-refractivity contribution in [1.82, 2.24) is 15.1 Å². The maximum atomic E-state index is 9.62. The highest BCUT2D eigenvalue weighted by Gasteiger charge is 2.48. The van der Waals surface area contributed by atoms with Gasteiger partial charge in [0.15, 0.2) is 0 Å². The summed E-state index contributed by atoms with van der Waals surface area (Å²) in [6, 6.07) is 2.30. The highest BCUT2D eigenvalue weighted by molar-refractivity contribution is 5.54. The van der Waals surface area contributed by atoms with Crippen molar-refractivity contribution in [3.8, 4) is 11.9 Å². The van der Waals surface area contributed by atoms with Crippen LogP contribution in [0.2, 0.25) is 0 Å². The quantitative estimate of drug-likeness (QED) is 0.858. The van der Waals surface area contributed by atoms with E-state index in [1.165, 1.54) is 0 Å². The molecule has 1 saturated heterocycles. The molecule has 2 aliphatic rings. The molecule has 1 aromatic rings. The number of nitrogens with zero attached hydrogens (tertiary/aromatic N) is 3. The van der Waals surface area contributed by atoms with Crippen LogP contribution in [0.1, 0.15) is 37.9 Å². The van der Waals surface area contributed by atoms with Gasteiger partial charge in [0, 0.05) is 16.7 Å². The molecule has 21 heavy (non-hydrogen) atoms. The minimum absolute atomic E-state index is 0.212. The number of rotatable bonds is 2. The number of allylic oxidation sites excluding steroid dienone is 1. The number of hydrogen-bond donors (Lipinski definition) is 2. The van der Waals surface area contributed by atoms with Crippen molar-refractivity contribution in [2.75, 3.05) is 19.6 Å². The first-order chi connectivity index (χ1) is 10.2. The van der Waals surface area contributed by atoms with Crippen molar-refractivity contribution >= 4 is 0 Å². The predicted octanol–water partition coefficient (Wildman–Crippen LogP) is 1.41. The van der Waals surface area contributed by atoms with Crippen molar-refractivity contribution in [2.24, 2.45) is 5.73 Å². The van der Waals surface area contributed by atoms with Crippen molar-refractivity contribution in [3.63, 3.8) is 0 Å². The summed E-state index contributed by atoms with van der Waals surface area (Å²) in [7, 11) is 0. The molecule has 3 rings (SSSR count). The molecule has 0 aromatic carbocycles. The van der Waals surface area contributed by atoms with Crippen LogP contribution in [0.25, 0.3) is 0 Å². The monoisotopic (exact) mass is 287 g/mol. The molecule has 1 fully saturated rings. The van der Waals surface area contributed by atoms with Gasteiger partial charge >= 0.3 is 0 Å². The number of fused-ring (bicyclic) bond motifs is 2. The Morgan fingerprint density at radius 3 is 2.71 bits per heavy atom. The summed E-state index contributed by atoms with van der Waals surface area (Å²) in [6.07, 6.45) is 2.60. The van der Waals surface area contributed by atoms with Crippen LogP contribution in [0.15, 0.2) is 11.5 Å². The molecule has 2 aliphatic heterocycles. The van der Waals surface area contributed by atoms with E-state index in [1.807, 2.05) is 0 Å². The molecular formula is C15H21N5O. The van der Waals surface area contributed by atoms with Gasteiger partial charge in [-0.3, -0.25) is 5.10 Å². The van der Waals surface area contributed by atoms with Crippen LogP contribution in [0, 0.1) is 11.3 Å². The van der Waals surface area contributed by atoms with Crippen LogP contribution in [0.5, 0.6) is 5.88 Å². The average molecular weight is 287 g/mol. The highest BCUT2D eigenvalue weighted by atomic mass is 16.5. The highest BCUT2D eigenvalue weighted by Crippen LogP contribution is 2.49. The fourth-order valence-electron chi connectivity index (χ4n) is 3.61. The lowest BCUT2D eigenvalue weighted by Gasteiger charge is -2.43. The Hall–Kier alpha value is -2.00. The molecule has 0 atom stereocenters. The molecule has 0 unspecified atom stereocenters. The largest absolute Gasteiger partial charge is 0.420 e. The van der Waals surface area contributed by atoms with Gasteiger partial charge in [-0.2, -0.15) is 5.26 Å². The molecule has 1 spiro atoms. The Bertz CT molecular complexity index is 616. The molecule has 3 heterocycles. The number of nitrogens with one attached hydrogen (secondary N) is 1. The van der Waals surface area contributed by atoms with Crippen molar-refractivity contribution in [1.29, 1.82) is 5.26 Å². The third-order valence-corrected chi connectivity index (χ3v) is 4.84. The average Bonchev–Trinajstić information content (AvgIpc) is 2.92. The van der Waals surface area contributed by atoms with Gasteiger partial charge in [0.05, 0.1) is 0 Å². The number of aryl methyl sites for hydroxylation is 1. The number of likely N-dealkylation sites (tertiary alicyclic amines) is 1. The van der Waals surface area contributed by atoms with Crippen LogP contribution < -0.4 is 10.5 Å². The lowest BCUT2D eigenvalue weighted by Crippen LogP contribution is -2.46. The van der Waals surface area contributed by atoms with Crippen molar-refractivity contribution < 1.29 is 4.74 Å². The van der Waals surface area contributed by atoms with E-state index in [0.29, 0.717) is 11.5 Å². The molecule has 1 aromatic heterocycles. The van der Waals surface area contributed by atoms with E-state index in [9.17, 15) is 5.26 Å². The number of nitriles is 1. The number of aromatic nitrogens is 2. The summed E-state index contributed by atoms with van der Waals surface area (Å²) in [5.74, 6) is 0.761. The Morgan fingerprint density at radius 1 is 1.43 bits per heavy atom. The van der Waals surface area contributed by atoms with Crippen LogP contribution in [-0.2, 0) is 11.8 Å². The lowest BCUT2D eigenvalue weighted by atomic mass is 9.66. The normalized spacial score (nSPS) is 21.0. The first kappa shape index (κ1) is 14.0. The maximum Gasteiger partial charge on any atom is 0.244 e. The SMILES string of the molecule is CCc1[nH]nc2c1C1(CCN(CC)CC1)C(C#N)=C(N)O2. The molecule has 112 valence electrons. The second-order valence-corrected chi connectivity index (χ2v) is 5.71. The number of nitrogens with two attached hydrogens (primary N) is 1. The third kappa shape index (κ3) is 1.92. The molecule has 0 amide bonds. The zero-order chi connectivity index (χ0) is 15.0. The Morgan fingerprint density at radius 2 is 2.14 bits per heavy atom. The van der Waals surface area contributed by atoms with E-state index < -0.39 is 0 Å². The van der Waals surface area contributed by atoms with Gasteiger partial charge in [-0.05, 0) is 38.9 Å². The van der Waals surface area contributed by atoms with E-state index in [2.05, 4.69) is 35.0 Å². The van der Waals surface area contributed by atoms with Crippen LogP contribution in [0.3, 0.4) is 0 Å². The zero-order valence-electron chi connectivity index (χ0n) is 12.6. The van der Waals surface area contributed by atoms with Gasteiger partial charge in [-0.1, -0.05) is 13.8 Å². The Labute approximate surface area is 124 Å². The molecule has 0 bridgehead atoms. The second kappa shape index (κ2) is 5.08. The van der Waals surface area contributed by atoms with E-state index in [1.54, 1.807) is 0 Å². The van der Waals surface area contributed by atoms with E-state index in [-0.39, 0.29) is 11.3 Å². The Kier molecular flexibility index (Phi) is 3.38. The molecule has 0 aliphatic carbocycles. The molecule has 6 nitrogen and oxygen atoms in total. The first-order valence-electron chi connectivity index (χ1n) is 7.54. The Balaban J connectivity index is 2.12. The fourth-order valence-corrected chi connectivity index (χ4v) is 3.61. The van der Waals surface area contributed by atoms with Gasteiger partial charge in [-0.15, -0.1) is 5.10 Å². The summed E-state index contributed by atoms with van der Waals surface area (Å²) in [5.41, 5.74) is 8.33. The number of aromatic amines is 1. The summed E-state index contributed by atoms with van der Waals surface area (Å²) in [6.45, 7) is 7.20. The smallest absolute Gasteiger partial charge is 0.244 e. The topological polar surface area (TPSA) is 91.0 Å². The van der Waals surface area contributed by atoms with Crippen LogP contribution in [-0.4, -0.2) is 34.7 Å². The fraction of sp³-hybridized carbons (Fsp3) is 0.600. The lowest BCUT2D eigenvalue weighted by molar-refractivity contribution is 0.175. The summed E-state index contributed by atoms with van der Waals surface area (Å²) in [4.78, 5) is 2.40. The maximum absolute atomic E-state index is 9.62. The number of hydrogen-bond acceptors (Lipinski definition) is 5. The van der Waals surface area contributed by atoms with Crippen molar-refractivity contribution in [2.45, 2.75) is 38.5 Å². The van der Waals surface area contributed by atoms with Gasteiger partial charge in [0.1, 0.15) is 11.6 Å². The van der Waals surface area contributed by atoms with Crippen LogP contribution in [0.4, 0.5) is 0 Å². The number of piperidine rings is 1. The first-order valence-corrected chi connectivity index (χ1v) is 7.54. The van der Waals surface area contributed by atoms with E-state index >= 15 is 0 Å². The second-order valence-electron chi connectivity index (χ2n) is 5.71. The molecule has 3 N–H and O–H groups in total. The zero-order valence-corrected chi connectivity index (χ0v) is 12.6. The minimum Gasteiger partial charge on any atom is -0.420 e. The predicted molar refractivity (Wildman–Crippen MR) is 78.4 cm³/mol. The van der Waals surface area contributed by atoms with E-state index in [4.69, 9.17) is 10.5 Å². The van der Waals surface area contributed by atoms with E-state index in [0.717, 1.165) is 50.2 Å². The number of ether oxygens (including phenoxy) is 1. The standard InChI is InChI=1S/C15H21N5O/c1-3-11-12-14(19-18-11)21-13(17)10(9-16)15(12)5-7-20(4-2)8-6-15/h3-8,17H2,1-2H3,(H,18,19).